The highest BCUT2D eigenvalue weighted by Gasteiger charge is 2.28. The maximum Gasteiger partial charge on any atom is 0.271 e. The van der Waals surface area contributed by atoms with Crippen LogP contribution in [-0.4, -0.2) is 38.1 Å². The SMILES string of the molecule is Cc1ccccc1CSCCNC(=O)CN(c1cccc([N+](=O)[O-])c1)S(=O)(=O)c1ccccc1. The second-order valence-electron chi connectivity index (χ2n) is 7.43. The van der Waals surface area contributed by atoms with E-state index in [4.69, 9.17) is 0 Å². The van der Waals surface area contributed by atoms with Crippen LogP contribution in [0.5, 0.6) is 0 Å². The third-order valence-corrected chi connectivity index (χ3v) is 7.83. The molecule has 1 N–H and O–H groups in total. The molecule has 0 atom stereocenters. The number of hydrogen-bond acceptors (Lipinski definition) is 6. The molecular formula is C24H25N3O5S2. The molecule has 0 saturated carbocycles. The zero-order valence-corrected chi connectivity index (χ0v) is 20.2. The van der Waals surface area contributed by atoms with Gasteiger partial charge in [0.25, 0.3) is 15.7 Å². The van der Waals surface area contributed by atoms with E-state index in [2.05, 4.69) is 11.4 Å². The van der Waals surface area contributed by atoms with E-state index in [0.717, 1.165) is 16.1 Å². The molecule has 0 aliphatic rings. The lowest BCUT2D eigenvalue weighted by atomic mass is 10.1. The number of carbonyl (C=O) groups excluding carboxylic acids is 1. The van der Waals surface area contributed by atoms with Gasteiger partial charge in [0.15, 0.2) is 0 Å². The minimum Gasteiger partial charge on any atom is -0.354 e. The summed E-state index contributed by atoms with van der Waals surface area (Å²) in [7, 11) is -4.12. The number of rotatable bonds is 11. The molecule has 10 heteroatoms. The van der Waals surface area contributed by atoms with Gasteiger partial charge in [0.1, 0.15) is 6.54 Å². The molecule has 0 aliphatic carbocycles. The fourth-order valence-corrected chi connectivity index (χ4v) is 5.57. The number of hydrogen-bond donors (Lipinski definition) is 1. The zero-order chi connectivity index (χ0) is 24.6. The molecule has 1 amide bonds. The predicted octanol–water partition coefficient (Wildman–Crippen LogP) is 4.15. The Morgan fingerprint density at radius 3 is 2.44 bits per heavy atom. The quantitative estimate of drug-likeness (QED) is 0.241. The second kappa shape index (κ2) is 11.7. The Kier molecular flexibility index (Phi) is 8.67. The van der Waals surface area contributed by atoms with Crippen LogP contribution in [-0.2, 0) is 20.6 Å². The summed E-state index contributed by atoms with van der Waals surface area (Å²) in [6.07, 6.45) is 0. The number of sulfonamides is 1. The van der Waals surface area contributed by atoms with Crippen LogP contribution in [0.1, 0.15) is 11.1 Å². The lowest BCUT2D eigenvalue weighted by Crippen LogP contribution is -2.41. The molecule has 0 heterocycles. The van der Waals surface area contributed by atoms with E-state index < -0.39 is 27.4 Å². The van der Waals surface area contributed by atoms with Gasteiger partial charge in [0.2, 0.25) is 5.91 Å². The van der Waals surface area contributed by atoms with Crippen molar-refractivity contribution in [3.05, 3.63) is 100 Å². The number of nitrogens with zero attached hydrogens (tertiary/aromatic N) is 2. The molecule has 0 spiro atoms. The van der Waals surface area contributed by atoms with Gasteiger partial charge in [0, 0.05) is 30.2 Å². The van der Waals surface area contributed by atoms with Gasteiger partial charge in [-0.1, -0.05) is 48.5 Å². The van der Waals surface area contributed by atoms with Crippen molar-refractivity contribution in [1.82, 2.24) is 5.32 Å². The Morgan fingerprint density at radius 2 is 1.74 bits per heavy atom. The first-order valence-corrected chi connectivity index (χ1v) is 13.1. The summed E-state index contributed by atoms with van der Waals surface area (Å²) in [5, 5.41) is 13.9. The number of amides is 1. The van der Waals surface area contributed by atoms with Crippen LogP contribution in [0, 0.1) is 17.0 Å². The van der Waals surface area contributed by atoms with Gasteiger partial charge in [-0.2, -0.15) is 11.8 Å². The molecule has 0 fully saturated rings. The first-order valence-electron chi connectivity index (χ1n) is 10.5. The molecule has 0 saturated heterocycles. The van der Waals surface area contributed by atoms with E-state index in [1.165, 1.54) is 41.5 Å². The number of thioether (sulfide) groups is 1. The molecule has 3 aromatic rings. The Bertz CT molecular complexity index is 1250. The molecule has 0 unspecified atom stereocenters. The number of nitrogens with one attached hydrogen (secondary N) is 1. The highest BCUT2D eigenvalue weighted by Crippen LogP contribution is 2.26. The first kappa shape index (κ1) is 25.3. The number of non-ortho nitro benzene ring substituents is 1. The zero-order valence-electron chi connectivity index (χ0n) is 18.6. The van der Waals surface area contributed by atoms with Crippen molar-refractivity contribution < 1.29 is 18.1 Å². The molecule has 8 nitrogen and oxygen atoms in total. The van der Waals surface area contributed by atoms with E-state index >= 15 is 0 Å². The van der Waals surface area contributed by atoms with Crippen molar-refractivity contribution >= 4 is 39.1 Å². The standard InChI is InChI=1S/C24H25N3O5S2/c1-19-8-5-6-9-20(19)18-33-15-14-25-24(28)17-26(21-10-7-11-22(16-21)27(29)30)34(31,32)23-12-3-2-4-13-23/h2-13,16H,14-15,17-18H2,1H3,(H,25,28). The van der Waals surface area contributed by atoms with Crippen LogP contribution < -0.4 is 9.62 Å². The number of carbonyl (C=O) groups is 1. The molecular weight excluding hydrogens is 474 g/mol. The number of anilines is 1. The van der Waals surface area contributed by atoms with Gasteiger partial charge in [-0.3, -0.25) is 19.2 Å². The average molecular weight is 500 g/mol. The van der Waals surface area contributed by atoms with Crippen molar-refractivity contribution in [1.29, 1.82) is 0 Å². The van der Waals surface area contributed by atoms with Crippen LogP contribution in [0.25, 0.3) is 0 Å². The fourth-order valence-electron chi connectivity index (χ4n) is 3.20. The molecule has 0 aliphatic heterocycles. The Balaban J connectivity index is 1.69. The van der Waals surface area contributed by atoms with Crippen molar-refractivity contribution in [2.24, 2.45) is 0 Å². The normalized spacial score (nSPS) is 11.1. The minimum absolute atomic E-state index is 0.0110. The van der Waals surface area contributed by atoms with Crippen LogP contribution in [0.2, 0.25) is 0 Å². The van der Waals surface area contributed by atoms with Crippen molar-refractivity contribution in [2.75, 3.05) is 23.1 Å². The summed E-state index contributed by atoms with van der Waals surface area (Å²) in [5.74, 6) is 0.968. The smallest absolute Gasteiger partial charge is 0.271 e. The minimum atomic E-state index is -4.12. The number of nitro benzene ring substituents is 1. The van der Waals surface area contributed by atoms with Gasteiger partial charge in [-0.05, 0) is 36.2 Å². The monoisotopic (exact) mass is 499 g/mol. The van der Waals surface area contributed by atoms with Crippen molar-refractivity contribution in [3.8, 4) is 0 Å². The topological polar surface area (TPSA) is 110 Å². The molecule has 34 heavy (non-hydrogen) atoms. The van der Waals surface area contributed by atoms with Crippen LogP contribution >= 0.6 is 11.8 Å². The van der Waals surface area contributed by atoms with Gasteiger partial charge in [-0.15, -0.1) is 0 Å². The number of nitro groups is 1. The molecule has 178 valence electrons. The molecule has 3 aromatic carbocycles. The Hall–Kier alpha value is -3.37. The third-order valence-electron chi connectivity index (χ3n) is 5.03. The Morgan fingerprint density at radius 1 is 1.03 bits per heavy atom. The van der Waals surface area contributed by atoms with E-state index in [0.29, 0.717) is 12.3 Å². The van der Waals surface area contributed by atoms with E-state index in [9.17, 15) is 23.3 Å². The van der Waals surface area contributed by atoms with Crippen LogP contribution in [0.4, 0.5) is 11.4 Å². The summed E-state index contributed by atoms with van der Waals surface area (Å²) in [6, 6.07) is 21.0. The van der Waals surface area contributed by atoms with Gasteiger partial charge >= 0.3 is 0 Å². The van der Waals surface area contributed by atoms with Crippen molar-refractivity contribution in [2.45, 2.75) is 17.6 Å². The lowest BCUT2D eigenvalue weighted by molar-refractivity contribution is -0.384. The largest absolute Gasteiger partial charge is 0.354 e. The summed E-state index contributed by atoms with van der Waals surface area (Å²) in [4.78, 5) is 23.2. The average Bonchev–Trinajstić information content (AvgIpc) is 2.84. The summed E-state index contributed by atoms with van der Waals surface area (Å²) < 4.78 is 27.5. The van der Waals surface area contributed by atoms with E-state index in [1.54, 1.807) is 30.0 Å². The first-order chi connectivity index (χ1) is 16.3. The number of aryl methyl sites for hydroxylation is 1. The van der Waals surface area contributed by atoms with E-state index in [-0.39, 0.29) is 16.3 Å². The number of benzene rings is 3. The van der Waals surface area contributed by atoms with Crippen LogP contribution in [0.15, 0.2) is 83.8 Å². The van der Waals surface area contributed by atoms with E-state index in [1.807, 2.05) is 25.1 Å². The molecule has 0 radical (unpaired) electrons. The molecule has 0 aromatic heterocycles. The summed E-state index contributed by atoms with van der Waals surface area (Å²) in [6.45, 7) is 1.91. The van der Waals surface area contributed by atoms with Crippen LogP contribution in [0.3, 0.4) is 0 Å². The third kappa shape index (κ3) is 6.58. The Labute approximate surface area is 203 Å². The summed E-state index contributed by atoms with van der Waals surface area (Å²) in [5.41, 5.74) is 2.21. The predicted molar refractivity (Wildman–Crippen MR) is 134 cm³/mol. The second-order valence-corrected chi connectivity index (χ2v) is 10.4. The fraction of sp³-hybridized carbons (Fsp3) is 0.208. The van der Waals surface area contributed by atoms with Gasteiger partial charge in [-0.25, -0.2) is 8.42 Å². The molecule has 0 bridgehead atoms. The maximum atomic E-state index is 13.3. The lowest BCUT2D eigenvalue weighted by Gasteiger charge is -2.24. The highest BCUT2D eigenvalue weighted by atomic mass is 32.2. The van der Waals surface area contributed by atoms with Gasteiger partial charge in [0.05, 0.1) is 15.5 Å². The van der Waals surface area contributed by atoms with Gasteiger partial charge < -0.3 is 5.32 Å². The maximum absolute atomic E-state index is 13.3. The highest BCUT2D eigenvalue weighted by molar-refractivity contribution is 7.98. The van der Waals surface area contributed by atoms with Crippen molar-refractivity contribution in [3.63, 3.8) is 0 Å². The molecule has 3 rings (SSSR count). The summed E-state index contributed by atoms with van der Waals surface area (Å²) >= 11 is 1.66.